The minimum absolute atomic E-state index is 0.0198. The van der Waals surface area contributed by atoms with Gasteiger partial charge in [-0.2, -0.15) is 4.31 Å². The fraction of sp³-hybridized carbons (Fsp3) is 0.923. The van der Waals surface area contributed by atoms with Crippen molar-refractivity contribution in [1.82, 2.24) is 9.62 Å². The molecule has 1 amide bonds. The Labute approximate surface area is 114 Å². The van der Waals surface area contributed by atoms with E-state index in [1.807, 2.05) is 0 Å². The highest BCUT2D eigenvalue weighted by molar-refractivity contribution is 7.89. The highest BCUT2D eigenvalue weighted by Gasteiger charge is 2.71. The number of fused-ring (bicyclic) bond motifs is 1. The van der Waals surface area contributed by atoms with Gasteiger partial charge in [0.15, 0.2) is 0 Å². The van der Waals surface area contributed by atoms with Crippen molar-refractivity contribution in [3.63, 3.8) is 0 Å². The van der Waals surface area contributed by atoms with Gasteiger partial charge in [-0.3, -0.25) is 4.79 Å². The standard InChI is InChI=1S/C13H22N2O3S/c1-12(2)9-4-5-13(12)8-19(17,18)15(10(13)6-9)7-11(16)14-3/h9-10H,4-8H2,1-3H3,(H,14,16)/t9-,10-,13-/m1/s1. The molecule has 1 aliphatic heterocycles. The molecular weight excluding hydrogens is 264 g/mol. The molecule has 0 unspecified atom stereocenters. The van der Waals surface area contributed by atoms with Crippen molar-refractivity contribution in [2.75, 3.05) is 19.3 Å². The van der Waals surface area contributed by atoms with Crippen LogP contribution in [0.5, 0.6) is 0 Å². The highest BCUT2D eigenvalue weighted by atomic mass is 32.2. The fourth-order valence-corrected chi connectivity index (χ4v) is 7.32. The Morgan fingerprint density at radius 2 is 2.11 bits per heavy atom. The summed E-state index contributed by atoms with van der Waals surface area (Å²) >= 11 is 0. The SMILES string of the molecule is CNC(=O)CN1[C@@H]2C[C@H]3CC[C@]2(CS1(=O)=O)C3(C)C. The quantitative estimate of drug-likeness (QED) is 0.807. The Morgan fingerprint density at radius 3 is 2.68 bits per heavy atom. The first-order chi connectivity index (χ1) is 8.74. The summed E-state index contributed by atoms with van der Waals surface area (Å²) in [7, 11) is -1.75. The minimum atomic E-state index is -3.29. The molecule has 108 valence electrons. The van der Waals surface area contributed by atoms with E-state index < -0.39 is 10.0 Å². The number of sulfonamides is 1. The van der Waals surface area contributed by atoms with Gasteiger partial charge in [-0.1, -0.05) is 13.8 Å². The Morgan fingerprint density at radius 1 is 1.42 bits per heavy atom. The van der Waals surface area contributed by atoms with E-state index in [1.54, 1.807) is 7.05 Å². The average molecular weight is 286 g/mol. The van der Waals surface area contributed by atoms with Crippen LogP contribution in [0.1, 0.15) is 33.1 Å². The molecule has 2 aliphatic carbocycles. The minimum Gasteiger partial charge on any atom is -0.358 e. The normalized spacial score (nSPS) is 42.3. The van der Waals surface area contributed by atoms with Crippen LogP contribution >= 0.6 is 0 Å². The molecule has 2 bridgehead atoms. The largest absolute Gasteiger partial charge is 0.358 e. The van der Waals surface area contributed by atoms with Gasteiger partial charge >= 0.3 is 0 Å². The monoisotopic (exact) mass is 286 g/mol. The van der Waals surface area contributed by atoms with Crippen LogP contribution in [0.4, 0.5) is 0 Å². The van der Waals surface area contributed by atoms with Crippen molar-refractivity contribution < 1.29 is 13.2 Å². The van der Waals surface area contributed by atoms with Crippen molar-refractivity contribution in [2.24, 2.45) is 16.7 Å². The molecule has 1 saturated heterocycles. The summed E-state index contributed by atoms with van der Waals surface area (Å²) in [4.78, 5) is 11.6. The molecule has 1 heterocycles. The maximum absolute atomic E-state index is 12.4. The lowest BCUT2D eigenvalue weighted by atomic mass is 9.69. The van der Waals surface area contributed by atoms with Crippen LogP contribution in [0, 0.1) is 16.7 Å². The van der Waals surface area contributed by atoms with E-state index in [-0.39, 0.29) is 35.1 Å². The number of nitrogens with zero attached hydrogens (tertiary/aromatic N) is 1. The zero-order valence-electron chi connectivity index (χ0n) is 11.8. The second-order valence-electron chi connectivity index (χ2n) is 6.84. The van der Waals surface area contributed by atoms with Crippen LogP contribution in [-0.4, -0.2) is 44.0 Å². The third-order valence-corrected chi connectivity index (χ3v) is 8.09. The van der Waals surface area contributed by atoms with Crippen molar-refractivity contribution in [3.05, 3.63) is 0 Å². The summed E-state index contributed by atoms with van der Waals surface area (Å²) < 4.78 is 26.4. The summed E-state index contributed by atoms with van der Waals surface area (Å²) in [5.41, 5.74) is -0.0628. The van der Waals surface area contributed by atoms with Crippen molar-refractivity contribution >= 4 is 15.9 Å². The predicted octanol–water partition coefficient (Wildman–Crippen LogP) is 0.573. The number of carbonyl (C=O) groups is 1. The second-order valence-corrected chi connectivity index (χ2v) is 8.76. The molecular formula is C13H22N2O3S. The van der Waals surface area contributed by atoms with Gasteiger partial charge in [0.05, 0.1) is 12.3 Å². The van der Waals surface area contributed by atoms with Gasteiger partial charge < -0.3 is 5.32 Å². The Balaban J connectivity index is 1.99. The predicted molar refractivity (Wildman–Crippen MR) is 71.9 cm³/mol. The lowest BCUT2D eigenvalue weighted by Crippen LogP contribution is -2.45. The van der Waals surface area contributed by atoms with Gasteiger partial charge in [-0.25, -0.2) is 8.42 Å². The van der Waals surface area contributed by atoms with Crippen LogP contribution in [0.25, 0.3) is 0 Å². The van der Waals surface area contributed by atoms with Crippen LogP contribution in [0.3, 0.4) is 0 Å². The molecule has 5 nitrogen and oxygen atoms in total. The summed E-state index contributed by atoms with van der Waals surface area (Å²) in [6.45, 7) is 4.40. The second kappa shape index (κ2) is 3.73. The molecule has 3 atom stereocenters. The van der Waals surface area contributed by atoms with Gasteiger partial charge in [-0.05, 0) is 30.6 Å². The third kappa shape index (κ3) is 1.50. The van der Waals surface area contributed by atoms with Crippen LogP contribution in [0.2, 0.25) is 0 Å². The summed E-state index contributed by atoms with van der Waals surface area (Å²) in [6, 6.07) is 0.0311. The van der Waals surface area contributed by atoms with Gasteiger partial charge in [0.2, 0.25) is 15.9 Å². The highest BCUT2D eigenvalue weighted by Crippen LogP contribution is 2.69. The van der Waals surface area contributed by atoms with Gasteiger partial charge in [0.25, 0.3) is 0 Å². The molecule has 0 aromatic rings. The van der Waals surface area contributed by atoms with Gasteiger partial charge in [0.1, 0.15) is 0 Å². The van der Waals surface area contributed by atoms with Crippen molar-refractivity contribution in [2.45, 2.75) is 39.2 Å². The van der Waals surface area contributed by atoms with Crippen molar-refractivity contribution in [3.8, 4) is 0 Å². The number of nitrogens with one attached hydrogen (secondary N) is 1. The Hall–Kier alpha value is -0.620. The number of carbonyl (C=O) groups excluding carboxylic acids is 1. The zero-order valence-corrected chi connectivity index (χ0v) is 12.6. The van der Waals surface area contributed by atoms with Gasteiger partial charge in [-0.15, -0.1) is 0 Å². The van der Waals surface area contributed by atoms with E-state index in [9.17, 15) is 13.2 Å². The molecule has 3 rings (SSSR count). The molecule has 0 aromatic heterocycles. The average Bonchev–Trinajstić information content (AvgIpc) is 2.78. The summed E-state index contributed by atoms with van der Waals surface area (Å²) in [5, 5.41) is 2.53. The van der Waals surface area contributed by atoms with E-state index in [1.165, 1.54) is 4.31 Å². The fourth-order valence-electron chi connectivity index (χ4n) is 4.80. The van der Waals surface area contributed by atoms with E-state index in [4.69, 9.17) is 0 Å². The first-order valence-electron chi connectivity index (χ1n) is 6.95. The summed E-state index contributed by atoms with van der Waals surface area (Å²) in [6.07, 6.45) is 3.04. The van der Waals surface area contributed by atoms with Crippen LogP contribution in [-0.2, 0) is 14.8 Å². The molecule has 3 fully saturated rings. The molecule has 0 aromatic carbocycles. The lowest BCUT2D eigenvalue weighted by molar-refractivity contribution is -0.121. The maximum atomic E-state index is 12.4. The number of likely N-dealkylation sites (N-methyl/N-ethyl adjacent to an activating group) is 1. The molecule has 0 radical (unpaired) electrons. The number of hydrogen-bond acceptors (Lipinski definition) is 3. The van der Waals surface area contributed by atoms with Crippen LogP contribution < -0.4 is 5.32 Å². The molecule has 2 saturated carbocycles. The molecule has 19 heavy (non-hydrogen) atoms. The van der Waals surface area contributed by atoms with E-state index in [2.05, 4.69) is 19.2 Å². The molecule has 1 N–H and O–H groups in total. The topological polar surface area (TPSA) is 66.5 Å². The van der Waals surface area contributed by atoms with E-state index in [0.29, 0.717) is 5.92 Å². The van der Waals surface area contributed by atoms with E-state index in [0.717, 1.165) is 19.3 Å². The van der Waals surface area contributed by atoms with Crippen molar-refractivity contribution in [1.29, 1.82) is 0 Å². The Kier molecular flexibility index (Phi) is 2.62. The number of rotatable bonds is 2. The maximum Gasteiger partial charge on any atom is 0.235 e. The number of amides is 1. The molecule has 1 spiro atoms. The number of hydrogen-bond donors (Lipinski definition) is 1. The van der Waals surface area contributed by atoms with Gasteiger partial charge in [0, 0.05) is 18.5 Å². The lowest BCUT2D eigenvalue weighted by Gasteiger charge is -2.37. The molecule has 3 aliphatic rings. The third-order valence-electron chi connectivity index (χ3n) is 6.11. The molecule has 6 heteroatoms. The Bertz CT molecular complexity index is 528. The first-order valence-corrected chi connectivity index (χ1v) is 8.56. The first kappa shape index (κ1) is 13.4. The van der Waals surface area contributed by atoms with E-state index >= 15 is 0 Å². The smallest absolute Gasteiger partial charge is 0.235 e. The summed E-state index contributed by atoms with van der Waals surface area (Å²) in [5.74, 6) is 0.604. The van der Waals surface area contributed by atoms with Crippen LogP contribution in [0.15, 0.2) is 0 Å². The zero-order chi connectivity index (χ0) is 14.1.